The average molecular weight is 262 g/mol. The van der Waals surface area contributed by atoms with Gasteiger partial charge < -0.3 is 4.57 Å². The maximum atomic E-state index is 13.6. The predicted molar refractivity (Wildman–Crippen MR) is 60.6 cm³/mol. The zero-order valence-electron chi connectivity index (χ0n) is 8.44. The number of fused-ring (bicyclic) bond motifs is 1. The first-order chi connectivity index (χ1) is 7.45. The van der Waals surface area contributed by atoms with E-state index >= 15 is 0 Å². The molecule has 1 heterocycles. The fourth-order valence-electron chi connectivity index (χ4n) is 1.72. The van der Waals surface area contributed by atoms with Crippen molar-refractivity contribution in [2.45, 2.75) is 18.4 Å². The quantitative estimate of drug-likeness (QED) is 0.780. The second kappa shape index (κ2) is 3.75. The molecule has 1 aromatic carbocycles. The highest BCUT2D eigenvalue weighted by molar-refractivity contribution is 8.14. The zero-order valence-corrected chi connectivity index (χ0v) is 10.0. The fraction of sp³-hybridized carbons (Fsp3) is 0.200. The molecule has 0 N–H and O–H groups in total. The highest BCUT2D eigenvalue weighted by atomic mass is 35.7. The summed E-state index contributed by atoms with van der Waals surface area (Å²) >= 11 is 0. The number of hydrogen-bond acceptors (Lipinski definition) is 2. The number of hydrogen-bond donors (Lipinski definition) is 0. The van der Waals surface area contributed by atoms with E-state index in [0.717, 1.165) is 0 Å². The van der Waals surface area contributed by atoms with Crippen molar-refractivity contribution in [1.29, 1.82) is 0 Å². The standard InChI is InChI=1S/C10H9ClFNO2S/c1-2-13-6-9(16(11,14)15)10-7(12)4-3-5-8(10)13/h3-6H,2H2,1H3. The SMILES string of the molecule is CCn1cc(S(=O)(=O)Cl)c2c(F)cccc21. The minimum Gasteiger partial charge on any atom is -0.346 e. The summed E-state index contributed by atoms with van der Waals surface area (Å²) in [5, 5.41) is 0.0550. The molecular formula is C10H9ClFNO2S. The molecule has 0 aliphatic heterocycles. The lowest BCUT2D eigenvalue weighted by Crippen LogP contribution is -1.91. The van der Waals surface area contributed by atoms with Crippen LogP contribution >= 0.6 is 10.7 Å². The van der Waals surface area contributed by atoms with Crippen molar-refractivity contribution in [3.63, 3.8) is 0 Å². The van der Waals surface area contributed by atoms with E-state index in [9.17, 15) is 12.8 Å². The van der Waals surface area contributed by atoms with Gasteiger partial charge in [-0.3, -0.25) is 0 Å². The zero-order chi connectivity index (χ0) is 11.9. The van der Waals surface area contributed by atoms with Gasteiger partial charge in [0.15, 0.2) is 0 Å². The topological polar surface area (TPSA) is 39.1 Å². The summed E-state index contributed by atoms with van der Waals surface area (Å²) in [5.41, 5.74) is 0.529. The normalized spacial score (nSPS) is 12.2. The summed E-state index contributed by atoms with van der Waals surface area (Å²) in [6, 6.07) is 4.41. The van der Waals surface area contributed by atoms with Gasteiger partial charge in [0.25, 0.3) is 9.05 Å². The summed E-state index contributed by atoms with van der Waals surface area (Å²) in [5.74, 6) is -0.580. The van der Waals surface area contributed by atoms with E-state index in [0.29, 0.717) is 12.1 Å². The van der Waals surface area contributed by atoms with Crippen LogP contribution in [0.15, 0.2) is 29.3 Å². The molecule has 0 amide bonds. The molecule has 0 bridgehead atoms. The lowest BCUT2D eigenvalue weighted by molar-refractivity contribution is 0.607. The van der Waals surface area contributed by atoms with Crippen LogP contribution in [-0.2, 0) is 15.6 Å². The molecule has 0 saturated carbocycles. The van der Waals surface area contributed by atoms with E-state index in [4.69, 9.17) is 10.7 Å². The minimum absolute atomic E-state index is 0.0550. The third-order valence-corrected chi connectivity index (χ3v) is 3.76. The highest BCUT2D eigenvalue weighted by Gasteiger charge is 2.20. The molecule has 0 saturated heterocycles. The molecule has 0 fully saturated rings. The smallest absolute Gasteiger partial charge is 0.263 e. The number of rotatable bonds is 2. The van der Waals surface area contributed by atoms with Gasteiger partial charge in [-0.15, -0.1) is 0 Å². The van der Waals surface area contributed by atoms with Crippen molar-refractivity contribution >= 4 is 30.6 Å². The first-order valence-corrected chi connectivity index (χ1v) is 6.98. The van der Waals surface area contributed by atoms with E-state index in [2.05, 4.69) is 0 Å². The first-order valence-electron chi connectivity index (χ1n) is 4.67. The minimum atomic E-state index is -3.93. The van der Waals surface area contributed by atoms with Crippen molar-refractivity contribution in [1.82, 2.24) is 4.57 Å². The molecule has 0 aliphatic rings. The van der Waals surface area contributed by atoms with E-state index in [1.807, 2.05) is 6.92 Å². The van der Waals surface area contributed by atoms with Crippen molar-refractivity contribution in [2.75, 3.05) is 0 Å². The van der Waals surface area contributed by atoms with E-state index in [1.165, 1.54) is 18.3 Å². The number of halogens is 2. The molecule has 3 nitrogen and oxygen atoms in total. The molecule has 0 radical (unpaired) electrons. The van der Waals surface area contributed by atoms with Gasteiger partial charge in [0.2, 0.25) is 0 Å². The Kier molecular flexibility index (Phi) is 2.67. The van der Waals surface area contributed by atoms with Crippen molar-refractivity contribution in [2.24, 2.45) is 0 Å². The van der Waals surface area contributed by atoms with Crippen molar-refractivity contribution < 1.29 is 12.8 Å². The van der Waals surface area contributed by atoms with Crippen LogP contribution < -0.4 is 0 Å². The Labute approximate surface area is 96.9 Å². The Morgan fingerprint density at radius 2 is 2.12 bits per heavy atom. The summed E-state index contributed by atoms with van der Waals surface area (Å²) in [4.78, 5) is -0.177. The van der Waals surface area contributed by atoms with Gasteiger partial charge in [0, 0.05) is 23.4 Å². The molecule has 1 aromatic heterocycles. The van der Waals surface area contributed by atoms with Gasteiger partial charge in [-0.05, 0) is 19.1 Å². The second-order valence-electron chi connectivity index (χ2n) is 3.35. The monoisotopic (exact) mass is 261 g/mol. The Bertz CT molecular complexity index is 648. The Morgan fingerprint density at radius 3 is 2.69 bits per heavy atom. The number of benzene rings is 1. The van der Waals surface area contributed by atoms with Crippen LogP contribution in [0.2, 0.25) is 0 Å². The van der Waals surface area contributed by atoms with Crippen LogP contribution in [0.25, 0.3) is 10.9 Å². The summed E-state index contributed by atoms with van der Waals surface area (Å²) in [6.07, 6.45) is 1.36. The molecular weight excluding hydrogens is 253 g/mol. The van der Waals surface area contributed by atoms with Gasteiger partial charge >= 0.3 is 0 Å². The Morgan fingerprint density at radius 1 is 1.44 bits per heavy atom. The molecule has 16 heavy (non-hydrogen) atoms. The number of aromatic nitrogens is 1. The molecule has 2 aromatic rings. The van der Waals surface area contributed by atoms with Crippen LogP contribution in [0.4, 0.5) is 4.39 Å². The van der Waals surface area contributed by atoms with Crippen LogP contribution in [-0.4, -0.2) is 13.0 Å². The van der Waals surface area contributed by atoms with Gasteiger partial charge in [-0.2, -0.15) is 0 Å². The molecule has 0 atom stereocenters. The highest BCUT2D eigenvalue weighted by Crippen LogP contribution is 2.29. The number of nitrogens with zero attached hydrogens (tertiary/aromatic N) is 1. The summed E-state index contributed by atoms with van der Waals surface area (Å²) < 4.78 is 37.9. The van der Waals surface area contributed by atoms with Crippen molar-refractivity contribution in [3.05, 3.63) is 30.2 Å². The molecule has 86 valence electrons. The third-order valence-electron chi connectivity index (χ3n) is 2.42. The van der Waals surface area contributed by atoms with Gasteiger partial charge in [-0.25, -0.2) is 12.8 Å². The largest absolute Gasteiger partial charge is 0.346 e. The van der Waals surface area contributed by atoms with Crippen LogP contribution in [0.3, 0.4) is 0 Å². The van der Waals surface area contributed by atoms with Gasteiger partial charge in [0.05, 0.1) is 10.9 Å². The van der Waals surface area contributed by atoms with Crippen molar-refractivity contribution in [3.8, 4) is 0 Å². The summed E-state index contributed by atoms with van der Waals surface area (Å²) in [7, 11) is 1.34. The maximum Gasteiger partial charge on any atom is 0.263 e. The van der Waals surface area contributed by atoms with Crippen LogP contribution in [0, 0.1) is 5.82 Å². The number of aryl methyl sites for hydroxylation is 1. The lowest BCUT2D eigenvalue weighted by atomic mass is 10.2. The first kappa shape index (κ1) is 11.4. The summed E-state index contributed by atoms with van der Waals surface area (Å²) in [6.45, 7) is 2.39. The lowest BCUT2D eigenvalue weighted by Gasteiger charge is -1.99. The van der Waals surface area contributed by atoms with Crippen LogP contribution in [0.1, 0.15) is 6.92 Å². The molecule has 2 rings (SSSR count). The van der Waals surface area contributed by atoms with Crippen LogP contribution in [0.5, 0.6) is 0 Å². The molecule has 6 heteroatoms. The molecule has 0 spiro atoms. The average Bonchev–Trinajstić information content (AvgIpc) is 2.57. The third kappa shape index (κ3) is 1.70. The molecule has 0 aliphatic carbocycles. The van der Waals surface area contributed by atoms with Gasteiger partial charge in [-0.1, -0.05) is 6.07 Å². The maximum absolute atomic E-state index is 13.6. The van der Waals surface area contributed by atoms with E-state index in [1.54, 1.807) is 10.6 Å². The fourth-order valence-corrected chi connectivity index (χ4v) is 2.77. The Balaban J connectivity index is 2.96. The van der Waals surface area contributed by atoms with E-state index in [-0.39, 0.29) is 10.3 Å². The predicted octanol–water partition coefficient (Wildman–Crippen LogP) is 2.73. The Hall–Kier alpha value is -1.07. The van der Waals surface area contributed by atoms with Gasteiger partial charge in [0.1, 0.15) is 10.7 Å². The van der Waals surface area contributed by atoms with E-state index < -0.39 is 14.9 Å². The second-order valence-corrected chi connectivity index (χ2v) is 5.89. The molecule has 0 unspecified atom stereocenters.